The molecule has 0 aliphatic heterocycles. The number of benzene rings is 2. The van der Waals surface area contributed by atoms with E-state index in [4.69, 9.17) is 4.74 Å². The highest BCUT2D eigenvalue weighted by Gasteiger charge is 2.20. The Labute approximate surface area is 148 Å². The minimum atomic E-state index is -0.770. The van der Waals surface area contributed by atoms with Crippen LogP contribution in [-0.2, 0) is 4.79 Å². The van der Waals surface area contributed by atoms with Gasteiger partial charge in [0.1, 0.15) is 11.8 Å². The maximum atomic E-state index is 12.4. The van der Waals surface area contributed by atoms with Crippen molar-refractivity contribution in [2.45, 2.75) is 19.0 Å². The first kappa shape index (κ1) is 18.5. The van der Waals surface area contributed by atoms with Crippen LogP contribution in [0, 0.1) is 0 Å². The molecule has 0 bridgehead atoms. The second-order valence-corrected chi connectivity index (χ2v) is 5.73. The quantitative estimate of drug-likeness (QED) is 0.690. The van der Waals surface area contributed by atoms with Crippen molar-refractivity contribution in [3.05, 3.63) is 72.3 Å². The van der Waals surface area contributed by atoms with Gasteiger partial charge in [0.2, 0.25) is 5.91 Å². The predicted octanol–water partition coefficient (Wildman–Crippen LogP) is 2.49. The summed E-state index contributed by atoms with van der Waals surface area (Å²) in [6.45, 7) is 5.50. The van der Waals surface area contributed by atoms with E-state index in [2.05, 4.69) is 17.2 Å². The van der Waals surface area contributed by atoms with Crippen LogP contribution in [0.2, 0.25) is 0 Å². The highest BCUT2D eigenvalue weighted by molar-refractivity contribution is 5.84. The molecular weight excluding hydrogens is 316 g/mol. The van der Waals surface area contributed by atoms with Crippen LogP contribution in [0.3, 0.4) is 0 Å². The van der Waals surface area contributed by atoms with Crippen LogP contribution >= 0.6 is 0 Å². The van der Waals surface area contributed by atoms with E-state index < -0.39 is 6.04 Å². The number of hydrogen-bond donors (Lipinski definition) is 3. The molecule has 3 N–H and O–H groups in total. The normalized spacial score (nSPS) is 12.8. The highest BCUT2D eigenvalue weighted by atomic mass is 16.5. The van der Waals surface area contributed by atoms with Crippen molar-refractivity contribution < 1.29 is 14.6 Å². The number of rotatable bonds is 8. The molecule has 132 valence electrons. The van der Waals surface area contributed by atoms with Crippen molar-refractivity contribution in [2.24, 2.45) is 0 Å². The third kappa shape index (κ3) is 5.09. The van der Waals surface area contributed by atoms with Gasteiger partial charge in [0, 0.05) is 5.70 Å². The summed E-state index contributed by atoms with van der Waals surface area (Å²) >= 11 is 0. The van der Waals surface area contributed by atoms with Crippen LogP contribution in [0.15, 0.2) is 61.2 Å². The van der Waals surface area contributed by atoms with Crippen molar-refractivity contribution in [3.63, 3.8) is 0 Å². The van der Waals surface area contributed by atoms with E-state index >= 15 is 0 Å². The lowest BCUT2D eigenvalue weighted by atomic mass is 10.1. The molecule has 1 amide bonds. The Bertz CT molecular complexity index is 699. The SMILES string of the molecule is C=C(NC(CO)C(=O)NC(C)c1ccc(OC)cc1)c1ccccc1. The monoisotopic (exact) mass is 340 g/mol. The molecule has 0 saturated carbocycles. The Hall–Kier alpha value is -2.79. The molecule has 0 aliphatic rings. The Morgan fingerprint density at radius 2 is 1.76 bits per heavy atom. The van der Waals surface area contributed by atoms with E-state index in [0.29, 0.717) is 5.70 Å². The third-order valence-electron chi connectivity index (χ3n) is 3.94. The largest absolute Gasteiger partial charge is 0.497 e. The summed E-state index contributed by atoms with van der Waals surface area (Å²) in [5.74, 6) is 0.472. The van der Waals surface area contributed by atoms with E-state index in [1.807, 2.05) is 61.5 Å². The zero-order valence-electron chi connectivity index (χ0n) is 14.5. The molecule has 2 atom stereocenters. The van der Waals surface area contributed by atoms with Crippen molar-refractivity contribution >= 4 is 11.6 Å². The predicted molar refractivity (Wildman–Crippen MR) is 99.0 cm³/mol. The molecule has 2 rings (SSSR count). The van der Waals surface area contributed by atoms with Gasteiger partial charge in [-0.05, 0) is 30.2 Å². The zero-order chi connectivity index (χ0) is 18.2. The first-order chi connectivity index (χ1) is 12.0. The fourth-order valence-corrected chi connectivity index (χ4v) is 2.42. The molecule has 5 heteroatoms. The van der Waals surface area contributed by atoms with Gasteiger partial charge in [-0.3, -0.25) is 4.79 Å². The molecule has 0 radical (unpaired) electrons. The smallest absolute Gasteiger partial charge is 0.245 e. The zero-order valence-corrected chi connectivity index (χ0v) is 14.5. The van der Waals surface area contributed by atoms with Crippen LogP contribution < -0.4 is 15.4 Å². The van der Waals surface area contributed by atoms with Gasteiger partial charge in [0.25, 0.3) is 0 Å². The third-order valence-corrected chi connectivity index (χ3v) is 3.94. The van der Waals surface area contributed by atoms with Gasteiger partial charge < -0.3 is 20.5 Å². The summed E-state index contributed by atoms with van der Waals surface area (Å²) in [5, 5.41) is 15.4. The number of hydrogen-bond acceptors (Lipinski definition) is 4. The Kier molecular flexibility index (Phi) is 6.60. The summed E-state index contributed by atoms with van der Waals surface area (Å²) in [6.07, 6.45) is 0. The molecule has 0 aliphatic carbocycles. The van der Waals surface area contributed by atoms with Crippen LogP contribution in [0.1, 0.15) is 24.1 Å². The summed E-state index contributed by atoms with van der Waals surface area (Å²) in [5.41, 5.74) is 2.41. The van der Waals surface area contributed by atoms with Gasteiger partial charge in [-0.25, -0.2) is 0 Å². The van der Waals surface area contributed by atoms with E-state index in [-0.39, 0.29) is 18.6 Å². The van der Waals surface area contributed by atoms with Gasteiger partial charge in [0.05, 0.1) is 19.8 Å². The number of carbonyl (C=O) groups is 1. The first-order valence-corrected chi connectivity index (χ1v) is 8.11. The van der Waals surface area contributed by atoms with Gasteiger partial charge >= 0.3 is 0 Å². The van der Waals surface area contributed by atoms with Gasteiger partial charge in [-0.1, -0.05) is 49.0 Å². The number of aliphatic hydroxyl groups is 1. The van der Waals surface area contributed by atoms with E-state index in [9.17, 15) is 9.90 Å². The topological polar surface area (TPSA) is 70.6 Å². The number of amides is 1. The van der Waals surface area contributed by atoms with Gasteiger partial charge in [-0.15, -0.1) is 0 Å². The molecule has 0 spiro atoms. The number of aliphatic hydroxyl groups excluding tert-OH is 1. The molecule has 2 unspecified atom stereocenters. The number of carbonyl (C=O) groups excluding carboxylic acids is 1. The lowest BCUT2D eigenvalue weighted by molar-refractivity contribution is -0.124. The molecule has 2 aromatic rings. The van der Waals surface area contributed by atoms with E-state index in [0.717, 1.165) is 16.9 Å². The number of nitrogens with one attached hydrogen (secondary N) is 2. The van der Waals surface area contributed by atoms with Crippen LogP contribution in [-0.4, -0.2) is 30.8 Å². The lowest BCUT2D eigenvalue weighted by Gasteiger charge is -2.22. The molecule has 0 saturated heterocycles. The number of methoxy groups -OCH3 is 1. The number of ether oxygens (including phenoxy) is 1. The van der Waals surface area contributed by atoms with Crippen molar-refractivity contribution in [1.82, 2.24) is 10.6 Å². The summed E-state index contributed by atoms with van der Waals surface area (Å²) in [7, 11) is 1.61. The van der Waals surface area contributed by atoms with Crippen LogP contribution in [0.4, 0.5) is 0 Å². The van der Waals surface area contributed by atoms with Gasteiger partial charge in [0.15, 0.2) is 0 Å². The molecule has 25 heavy (non-hydrogen) atoms. The second-order valence-electron chi connectivity index (χ2n) is 5.73. The second kappa shape index (κ2) is 8.89. The average Bonchev–Trinajstić information content (AvgIpc) is 2.66. The summed E-state index contributed by atoms with van der Waals surface area (Å²) in [4.78, 5) is 12.4. The first-order valence-electron chi connectivity index (χ1n) is 8.11. The molecule has 0 fully saturated rings. The van der Waals surface area contributed by atoms with E-state index in [1.54, 1.807) is 7.11 Å². The molecule has 0 aromatic heterocycles. The summed E-state index contributed by atoms with van der Waals surface area (Å²) in [6, 6.07) is 16.0. The van der Waals surface area contributed by atoms with E-state index in [1.165, 1.54) is 0 Å². The van der Waals surface area contributed by atoms with Crippen molar-refractivity contribution in [2.75, 3.05) is 13.7 Å². The Balaban J connectivity index is 1.97. The van der Waals surface area contributed by atoms with Crippen LogP contribution in [0.5, 0.6) is 5.75 Å². The Morgan fingerprint density at radius 3 is 2.32 bits per heavy atom. The maximum Gasteiger partial charge on any atom is 0.245 e. The average molecular weight is 340 g/mol. The molecule has 2 aromatic carbocycles. The van der Waals surface area contributed by atoms with Crippen molar-refractivity contribution in [3.8, 4) is 5.75 Å². The maximum absolute atomic E-state index is 12.4. The summed E-state index contributed by atoms with van der Waals surface area (Å²) < 4.78 is 5.13. The minimum Gasteiger partial charge on any atom is -0.497 e. The molecule has 0 heterocycles. The molecule has 5 nitrogen and oxygen atoms in total. The minimum absolute atomic E-state index is 0.195. The fraction of sp³-hybridized carbons (Fsp3) is 0.250. The molecular formula is C20H24N2O3. The van der Waals surface area contributed by atoms with Gasteiger partial charge in [-0.2, -0.15) is 0 Å². The van der Waals surface area contributed by atoms with Crippen LogP contribution in [0.25, 0.3) is 5.70 Å². The lowest BCUT2D eigenvalue weighted by Crippen LogP contribution is -2.46. The van der Waals surface area contributed by atoms with Crippen molar-refractivity contribution in [1.29, 1.82) is 0 Å². The Morgan fingerprint density at radius 1 is 1.12 bits per heavy atom. The standard InChI is InChI=1S/C20H24N2O3/c1-14(16-7-5-4-6-8-16)21-19(13-23)20(24)22-15(2)17-9-11-18(25-3)12-10-17/h4-12,15,19,21,23H,1,13H2,2-3H3,(H,22,24). The fourth-order valence-electron chi connectivity index (χ4n) is 2.42. The highest BCUT2D eigenvalue weighted by Crippen LogP contribution is 2.17.